The smallest absolute Gasteiger partial charge is 0.332 e. The molecule has 1 saturated heterocycles. The third-order valence-electron chi connectivity index (χ3n) is 2.94. The first kappa shape index (κ1) is 15.7. The van der Waals surface area contributed by atoms with E-state index in [1.54, 1.807) is 0 Å². The first-order valence-electron chi connectivity index (χ1n) is 6.53. The predicted molar refractivity (Wildman–Crippen MR) is 70.1 cm³/mol. The van der Waals surface area contributed by atoms with E-state index in [-0.39, 0.29) is 12.1 Å². The van der Waals surface area contributed by atoms with Crippen molar-refractivity contribution in [2.75, 3.05) is 33.7 Å². The van der Waals surface area contributed by atoms with Gasteiger partial charge in [-0.1, -0.05) is 0 Å². The van der Waals surface area contributed by atoms with Crippen LogP contribution >= 0.6 is 0 Å². The molecule has 0 spiro atoms. The molecule has 1 fully saturated rings. The van der Waals surface area contributed by atoms with Crippen LogP contribution in [0.15, 0.2) is 0 Å². The summed E-state index contributed by atoms with van der Waals surface area (Å²) in [6.45, 7) is 1.89. The van der Waals surface area contributed by atoms with Crippen LogP contribution in [-0.4, -0.2) is 67.9 Å². The summed E-state index contributed by atoms with van der Waals surface area (Å²) in [5.74, 6) is -0.935. The minimum atomic E-state index is -0.935. The fraction of sp³-hybridized carbons (Fsp3) is 0.833. The van der Waals surface area contributed by atoms with E-state index in [0.717, 1.165) is 13.0 Å². The number of urea groups is 1. The second kappa shape index (κ2) is 7.96. The molecule has 1 rings (SSSR count). The number of ether oxygens (including phenoxy) is 1. The van der Waals surface area contributed by atoms with Crippen LogP contribution in [0.3, 0.4) is 0 Å². The van der Waals surface area contributed by atoms with Gasteiger partial charge in [0, 0.05) is 13.1 Å². The molecule has 2 amide bonds. The molecule has 7 heteroatoms. The first-order chi connectivity index (χ1) is 8.99. The average Bonchev–Trinajstić information content (AvgIpc) is 2.81. The summed E-state index contributed by atoms with van der Waals surface area (Å²) in [7, 11) is 3.97. The Bertz CT molecular complexity index is 309. The van der Waals surface area contributed by atoms with Crippen LogP contribution in [0.2, 0.25) is 0 Å². The van der Waals surface area contributed by atoms with Crippen molar-refractivity contribution in [3.05, 3.63) is 0 Å². The average molecular weight is 273 g/mol. The van der Waals surface area contributed by atoms with Crippen molar-refractivity contribution in [2.24, 2.45) is 0 Å². The number of carbonyl (C=O) groups excluding carboxylic acids is 1. The van der Waals surface area contributed by atoms with E-state index in [1.165, 1.54) is 0 Å². The van der Waals surface area contributed by atoms with E-state index < -0.39 is 12.1 Å². The lowest BCUT2D eigenvalue weighted by molar-refractivity contribution is -0.149. The molecule has 0 aromatic heterocycles. The molecule has 2 unspecified atom stereocenters. The van der Waals surface area contributed by atoms with Crippen LogP contribution < -0.4 is 10.6 Å². The molecule has 0 saturated carbocycles. The van der Waals surface area contributed by atoms with Crippen LogP contribution in [0, 0.1) is 0 Å². The fourth-order valence-corrected chi connectivity index (χ4v) is 1.90. The highest BCUT2D eigenvalue weighted by Crippen LogP contribution is 2.18. The molecule has 1 aliphatic rings. The van der Waals surface area contributed by atoms with Gasteiger partial charge in [0.15, 0.2) is 6.10 Å². The van der Waals surface area contributed by atoms with Crippen molar-refractivity contribution in [3.63, 3.8) is 0 Å². The van der Waals surface area contributed by atoms with Gasteiger partial charge in [0.1, 0.15) is 0 Å². The van der Waals surface area contributed by atoms with Crippen LogP contribution in [0.25, 0.3) is 0 Å². The van der Waals surface area contributed by atoms with E-state index in [0.29, 0.717) is 25.9 Å². The molecule has 7 nitrogen and oxygen atoms in total. The SMILES string of the molecule is CN(C)CCCNC(=O)NCC1CCC(C(=O)O)O1. The Morgan fingerprint density at radius 1 is 1.32 bits per heavy atom. The molecule has 0 aromatic carbocycles. The molecule has 0 aliphatic carbocycles. The number of carboxylic acids is 1. The quantitative estimate of drug-likeness (QED) is 0.562. The van der Waals surface area contributed by atoms with E-state index in [9.17, 15) is 9.59 Å². The Morgan fingerprint density at radius 2 is 2.05 bits per heavy atom. The molecule has 1 heterocycles. The molecule has 19 heavy (non-hydrogen) atoms. The van der Waals surface area contributed by atoms with Crippen molar-refractivity contribution in [1.82, 2.24) is 15.5 Å². The van der Waals surface area contributed by atoms with E-state index in [1.807, 2.05) is 14.1 Å². The van der Waals surface area contributed by atoms with Crippen molar-refractivity contribution < 1.29 is 19.4 Å². The van der Waals surface area contributed by atoms with Crippen molar-refractivity contribution in [3.8, 4) is 0 Å². The zero-order valence-electron chi connectivity index (χ0n) is 11.5. The molecular weight excluding hydrogens is 250 g/mol. The number of aliphatic carboxylic acids is 1. The highest BCUT2D eigenvalue weighted by Gasteiger charge is 2.30. The number of nitrogens with one attached hydrogen (secondary N) is 2. The maximum absolute atomic E-state index is 11.5. The van der Waals surface area contributed by atoms with Gasteiger partial charge in [-0.25, -0.2) is 9.59 Å². The maximum Gasteiger partial charge on any atom is 0.332 e. The standard InChI is InChI=1S/C12H23N3O4/c1-15(2)7-3-6-13-12(18)14-8-9-4-5-10(19-9)11(16)17/h9-10H,3-8H2,1-2H3,(H,16,17)(H2,13,14,18). The number of carboxylic acid groups (broad SMARTS) is 1. The first-order valence-corrected chi connectivity index (χ1v) is 6.53. The van der Waals surface area contributed by atoms with Gasteiger partial charge >= 0.3 is 12.0 Å². The monoisotopic (exact) mass is 273 g/mol. The van der Waals surface area contributed by atoms with E-state index in [4.69, 9.17) is 9.84 Å². The third-order valence-corrected chi connectivity index (χ3v) is 2.94. The van der Waals surface area contributed by atoms with Crippen molar-refractivity contribution >= 4 is 12.0 Å². The van der Waals surface area contributed by atoms with Crippen molar-refractivity contribution in [1.29, 1.82) is 0 Å². The molecule has 110 valence electrons. The second-order valence-corrected chi connectivity index (χ2v) is 4.96. The van der Waals surface area contributed by atoms with Gasteiger partial charge < -0.3 is 25.4 Å². The minimum absolute atomic E-state index is 0.200. The minimum Gasteiger partial charge on any atom is -0.479 e. The summed E-state index contributed by atoms with van der Waals surface area (Å²) in [6, 6.07) is -0.235. The number of hydrogen-bond acceptors (Lipinski definition) is 4. The molecule has 3 N–H and O–H groups in total. The fourth-order valence-electron chi connectivity index (χ4n) is 1.90. The molecule has 0 aromatic rings. The molecule has 2 atom stereocenters. The lowest BCUT2D eigenvalue weighted by atomic mass is 10.2. The Labute approximate surface area is 113 Å². The topological polar surface area (TPSA) is 90.9 Å². The van der Waals surface area contributed by atoms with Crippen LogP contribution in [-0.2, 0) is 9.53 Å². The summed E-state index contributed by atoms with van der Waals surface area (Å²) in [4.78, 5) is 24.2. The van der Waals surface area contributed by atoms with Gasteiger partial charge in [0.2, 0.25) is 0 Å². The van der Waals surface area contributed by atoms with Crippen molar-refractivity contribution in [2.45, 2.75) is 31.5 Å². The van der Waals surface area contributed by atoms with E-state index >= 15 is 0 Å². The van der Waals surface area contributed by atoms with Crippen LogP contribution in [0.4, 0.5) is 4.79 Å². The Morgan fingerprint density at radius 3 is 2.63 bits per heavy atom. The van der Waals surface area contributed by atoms with Gasteiger partial charge in [0.25, 0.3) is 0 Å². The molecule has 0 bridgehead atoms. The third kappa shape index (κ3) is 6.40. The Kier molecular flexibility index (Phi) is 6.58. The largest absolute Gasteiger partial charge is 0.479 e. The summed E-state index contributed by atoms with van der Waals surface area (Å²) < 4.78 is 5.28. The number of hydrogen-bond donors (Lipinski definition) is 3. The Hall–Kier alpha value is -1.34. The highest BCUT2D eigenvalue weighted by molar-refractivity contribution is 5.74. The summed E-state index contributed by atoms with van der Waals surface area (Å²) in [5.41, 5.74) is 0. The number of carbonyl (C=O) groups is 2. The van der Waals surface area contributed by atoms with Gasteiger partial charge in [0.05, 0.1) is 6.10 Å². The summed E-state index contributed by atoms with van der Waals surface area (Å²) in [6.07, 6.45) is 1.13. The summed E-state index contributed by atoms with van der Waals surface area (Å²) >= 11 is 0. The molecule has 1 aliphatic heterocycles. The van der Waals surface area contributed by atoms with Gasteiger partial charge in [-0.15, -0.1) is 0 Å². The highest BCUT2D eigenvalue weighted by atomic mass is 16.5. The zero-order chi connectivity index (χ0) is 14.3. The van der Waals surface area contributed by atoms with Gasteiger partial charge in [-0.05, 0) is 39.9 Å². The zero-order valence-corrected chi connectivity index (χ0v) is 11.5. The maximum atomic E-state index is 11.5. The lowest BCUT2D eigenvalue weighted by Crippen LogP contribution is -2.40. The molecular formula is C12H23N3O4. The second-order valence-electron chi connectivity index (χ2n) is 4.96. The predicted octanol–water partition coefficient (Wildman–Crippen LogP) is -0.130. The summed E-state index contributed by atoms with van der Waals surface area (Å²) in [5, 5.41) is 14.2. The lowest BCUT2D eigenvalue weighted by Gasteiger charge is -2.13. The Balaban J connectivity index is 2.06. The number of amides is 2. The number of rotatable bonds is 7. The van der Waals surface area contributed by atoms with Crippen LogP contribution in [0.1, 0.15) is 19.3 Å². The molecule has 0 radical (unpaired) electrons. The normalized spacial score (nSPS) is 22.5. The van der Waals surface area contributed by atoms with Gasteiger partial charge in [-0.2, -0.15) is 0 Å². The van der Waals surface area contributed by atoms with E-state index in [2.05, 4.69) is 15.5 Å². The van der Waals surface area contributed by atoms with Crippen LogP contribution in [0.5, 0.6) is 0 Å². The number of nitrogens with zero attached hydrogens (tertiary/aromatic N) is 1. The van der Waals surface area contributed by atoms with Gasteiger partial charge in [-0.3, -0.25) is 0 Å².